The summed E-state index contributed by atoms with van der Waals surface area (Å²) in [5.74, 6) is 0.215. The first-order valence-electron chi connectivity index (χ1n) is 9.85. The van der Waals surface area contributed by atoms with Crippen LogP contribution in [0.3, 0.4) is 0 Å². The Labute approximate surface area is 177 Å². The molecule has 4 aromatic rings. The molecule has 1 aliphatic rings. The number of aliphatic hydroxyl groups is 1. The van der Waals surface area contributed by atoms with Crippen LogP contribution in [-0.2, 0) is 7.05 Å². The number of benzene rings is 1. The van der Waals surface area contributed by atoms with Gasteiger partial charge in [-0.15, -0.1) is 0 Å². The molecule has 4 heterocycles. The highest BCUT2D eigenvalue weighted by Gasteiger charge is 2.25. The molecule has 0 bridgehead atoms. The summed E-state index contributed by atoms with van der Waals surface area (Å²) in [6, 6.07) is 7.19. The van der Waals surface area contributed by atoms with Gasteiger partial charge in [0.15, 0.2) is 5.69 Å². The number of aliphatic hydroxyl groups excluding tert-OH is 1. The van der Waals surface area contributed by atoms with Crippen molar-refractivity contribution in [2.75, 3.05) is 29.0 Å². The van der Waals surface area contributed by atoms with E-state index < -0.39 is 5.91 Å². The largest absolute Gasteiger partial charge is 0.444 e. The van der Waals surface area contributed by atoms with Gasteiger partial charge in [0.25, 0.3) is 5.91 Å². The molecule has 1 aromatic carbocycles. The fraction of sp³-hybridized carbons (Fsp3) is 0.238. The molecular weight excluding hydrogens is 398 g/mol. The number of aromatic nitrogens is 4. The molecule has 4 N–H and O–H groups in total. The predicted octanol–water partition coefficient (Wildman–Crippen LogP) is 2.03. The summed E-state index contributed by atoms with van der Waals surface area (Å²) in [5.41, 5.74) is 8.82. The number of rotatable bonds is 4. The van der Waals surface area contributed by atoms with Crippen molar-refractivity contribution in [3.05, 3.63) is 48.6 Å². The molecule has 31 heavy (non-hydrogen) atoms. The summed E-state index contributed by atoms with van der Waals surface area (Å²) in [6.07, 6.45) is 4.93. The highest BCUT2D eigenvalue weighted by Crippen LogP contribution is 2.34. The van der Waals surface area contributed by atoms with Crippen molar-refractivity contribution in [1.82, 2.24) is 19.7 Å². The molecule has 10 nitrogen and oxygen atoms in total. The van der Waals surface area contributed by atoms with E-state index in [0.717, 1.165) is 16.6 Å². The number of carbonyl (C=O) groups excluding carboxylic acids is 1. The Morgan fingerprint density at radius 1 is 1.35 bits per heavy atom. The van der Waals surface area contributed by atoms with Crippen molar-refractivity contribution in [2.45, 2.75) is 12.5 Å². The van der Waals surface area contributed by atoms with Crippen molar-refractivity contribution < 1.29 is 14.3 Å². The van der Waals surface area contributed by atoms with Crippen LogP contribution in [0.4, 0.5) is 17.2 Å². The van der Waals surface area contributed by atoms with Gasteiger partial charge in [0.2, 0.25) is 5.89 Å². The Bertz CT molecular complexity index is 1280. The minimum atomic E-state index is -0.403. The fourth-order valence-corrected chi connectivity index (χ4v) is 3.79. The van der Waals surface area contributed by atoms with E-state index in [-0.39, 0.29) is 17.7 Å². The quantitative estimate of drug-likeness (QED) is 0.457. The number of carbonyl (C=O) groups is 1. The lowest BCUT2D eigenvalue weighted by Crippen LogP contribution is -2.23. The van der Waals surface area contributed by atoms with Gasteiger partial charge in [0.05, 0.1) is 29.2 Å². The average molecular weight is 419 g/mol. The minimum Gasteiger partial charge on any atom is -0.444 e. The Balaban J connectivity index is 1.47. The van der Waals surface area contributed by atoms with Crippen molar-refractivity contribution in [1.29, 1.82) is 0 Å². The summed E-state index contributed by atoms with van der Waals surface area (Å²) in [4.78, 5) is 23.2. The van der Waals surface area contributed by atoms with Crippen molar-refractivity contribution >= 4 is 34.0 Å². The Morgan fingerprint density at radius 2 is 2.23 bits per heavy atom. The molecule has 0 spiro atoms. The SMILES string of the molecule is Cn1ncc2cc(N3CCC(O)C3)c(NC(=O)c3coc(-c4ccnc(N)c4)n3)cc21. The number of β-amino-alcohol motifs (C(OH)–C–C–N with tert-alkyl or cyclic N) is 1. The standard InChI is InChI=1S/C21H21N7O3/c1-27-17-8-15(18(6-13(17)9-24-27)28-5-3-14(29)10-28)25-20(30)16-11-31-21(26-16)12-2-4-23-19(22)7-12/h2,4,6-9,11,14,29H,3,5,10H2,1H3,(H2,22,23)(H,25,30). The number of oxazole rings is 1. The second-order valence-corrected chi connectivity index (χ2v) is 7.55. The van der Waals surface area contributed by atoms with E-state index in [1.165, 1.54) is 6.26 Å². The van der Waals surface area contributed by atoms with Gasteiger partial charge in [0.1, 0.15) is 12.1 Å². The molecule has 10 heteroatoms. The molecule has 0 saturated carbocycles. The molecule has 5 rings (SSSR count). The van der Waals surface area contributed by atoms with Crippen LogP contribution in [0.25, 0.3) is 22.4 Å². The third kappa shape index (κ3) is 3.57. The third-order valence-electron chi connectivity index (χ3n) is 5.38. The highest BCUT2D eigenvalue weighted by molar-refractivity contribution is 6.06. The van der Waals surface area contributed by atoms with E-state index in [1.54, 1.807) is 29.2 Å². The van der Waals surface area contributed by atoms with Crippen LogP contribution in [0.15, 0.2) is 47.3 Å². The van der Waals surface area contributed by atoms with Crippen molar-refractivity contribution in [2.24, 2.45) is 7.05 Å². The number of aryl methyl sites for hydroxylation is 1. The molecule has 3 aromatic heterocycles. The summed E-state index contributed by atoms with van der Waals surface area (Å²) in [6.45, 7) is 1.21. The van der Waals surface area contributed by atoms with Gasteiger partial charge < -0.3 is 25.5 Å². The van der Waals surface area contributed by atoms with Gasteiger partial charge in [0, 0.05) is 37.3 Å². The lowest BCUT2D eigenvalue weighted by molar-refractivity contribution is 0.102. The lowest BCUT2D eigenvalue weighted by Gasteiger charge is -2.22. The average Bonchev–Trinajstić information content (AvgIpc) is 3.48. The third-order valence-corrected chi connectivity index (χ3v) is 5.38. The van der Waals surface area contributed by atoms with Crippen LogP contribution in [0, 0.1) is 0 Å². The van der Waals surface area contributed by atoms with E-state index >= 15 is 0 Å². The van der Waals surface area contributed by atoms with Gasteiger partial charge in [-0.1, -0.05) is 0 Å². The summed E-state index contributed by atoms with van der Waals surface area (Å²) < 4.78 is 7.22. The van der Waals surface area contributed by atoms with Gasteiger partial charge in [-0.05, 0) is 30.7 Å². The van der Waals surface area contributed by atoms with Crippen LogP contribution < -0.4 is 16.0 Å². The first-order valence-corrected chi connectivity index (χ1v) is 9.85. The molecular formula is C21H21N7O3. The number of nitrogen functional groups attached to an aromatic ring is 1. The smallest absolute Gasteiger partial charge is 0.277 e. The predicted molar refractivity (Wildman–Crippen MR) is 116 cm³/mol. The van der Waals surface area contributed by atoms with E-state index in [1.807, 2.05) is 19.2 Å². The van der Waals surface area contributed by atoms with Crippen LogP contribution in [0.1, 0.15) is 16.9 Å². The maximum absolute atomic E-state index is 13.0. The highest BCUT2D eigenvalue weighted by atomic mass is 16.3. The molecule has 1 atom stereocenters. The molecule has 1 fully saturated rings. The fourth-order valence-electron chi connectivity index (χ4n) is 3.79. The number of nitrogens with one attached hydrogen (secondary N) is 1. The normalized spacial score (nSPS) is 16.2. The zero-order valence-electron chi connectivity index (χ0n) is 16.8. The molecule has 0 radical (unpaired) electrons. The Morgan fingerprint density at radius 3 is 3.00 bits per heavy atom. The van der Waals surface area contributed by atoms with Crippen LogP contribution in [-0.4, -0.2) is 50.0 Å². The van der Waals surface area contributed by atoms with Gasteiger partial charge in [-0.25, -0.2) is 9.97 Å². The molecule has 1 aliphatic heterocycles. The van der Waals surface area contributed by atoms with Gasteiger partial charge in [-0.3, -0.25) is 9.48 Å². The van der Waals surface area contributed by atoms with Gasteiger partial charge >= 0.3 is 0 Å². The Hall–Kier alpha value is -3.92. The number of amides is 1. The lowest BCUT2D eigenvalue weighted by atomic mass is 10.1. The molecule has 158 valence electrons. The number of pyridine rings is 1. The first kappa shape index (κ1) is 19.1. The maximum Gasteiger partial charge on any atom is 0.277 e. The number of hydrogen-bond acceptors (Lipinski definition) is 8. The van der Waals surface area contributed by atoms with Crippen molar-refractivity contribution in [3.63, 3.8) is 0 Å². The number of hydrogen-bond donors (Lipinski definition) is 3. The molecule has 1 saturated heterocycles. The van der Waals surface area contributed by atoms with Crippen LogP contribution in [0.2, 0.25) is 0 Å². The van der Waals surface area contributed by atoms with Crippen LogP contribution in [0.5, 0.6) is 0 Å². The summed E-state index contributed by atoms with van der Waals surface area (Å²) in [5, 5.41) is 18.2. The van der Waals surface area contributed by atoms with Gasteiger partial charge in [-0.2, -0.15) is 5.10 Å². The topological polar surface area (TPSA) is 135 Å². The van der Waals surface area contributed by atoms with E-state index in [0.29, 0.717) is 36.6 Å². The zero-order valence-corrected chi connectivity index (χ0v) is 16.8. The molecule has 0 aliphatic carbocycles. The minimum absolute atomic E-state index is 0.142. The first-order chi connectivity index (χ1) is 15.0. The monoisotopic (exact) mass is 419 g/mol. The maximum atomic E-state index is 13.0. The van der Waals surface area contributed by atoms with Crippen LogP contribution >= 0.6 is 0 Å². The number of nitrogens with zero attached hydrogens (tertiary/aromatic N) is 5. The second-order valence-electron chi connectivity index (χ2n) is 7.55. The number of nitrogens with two attached hydrogens (primary N) is 1. The number of anilines is 3. The van der Waals surface area contributed by atoms with E-state index in [2.05, 4.69) is 25.3 Å². The summed E-state index contributed by atoms with van der Waals surface area (Å²) >= 11 is 0. The second kappa shape index (κ2) is 7.40. The molecule has 1 amide bonds. The molecule has 1 unspecified atom stereocenters. The number of fused-ring (bicyclic) bond motifs is 1. The Kier molecular flexibility index (Phi) is 4.55. The van der Waals surface area contributed by atoms with Crippen molar-refractivity contribution in [3.8, 4) is 11.5 Å². The zero-order chi connectivity index (χ0) is 21.5. The van der Waals surface area contributed by atoms with E-state index in [4.69, 9.17) is 10.2 Å². The van der Waals surface area contributed by atoms with E-state index in [9.17, 15) is 9.90 Å². The summed E-state index contributed by atoms with van der Waals surface area (Å²) in [7, 11) is 1.84.